The molecular weight excluding hydrogens is 319 g/mol. The fourth-order valence-corrected chi connectivity index (χ4v) is 1.82. The van der Waals surface area contributed by atoms with Crippen LogP contribution in [0.2, 0.25) is 5.02 Å². The molecule has 0 aromatic heterocycles. The van der Waals surface area contributed by atoms with Crippen molar-refractivity contribution in [1.82, 2.24) is 0 Å². The third-order valence-corrected chi connectivity index (χ3v) is 2.98. The minimum absolute atomic E-state index is 0.0328. The minimum Gasteiger partial charge on any atom is -0.478 e. The van der Waals surface area contributed by atoms with Crippen LogP contribution in [-0.2, 0) is 0 Å². The first-order chi connectivity index (χ1) is 8.56. The zero-order valence-corrected chi connectivity index (χ0v) is 11.4. The van der Waals surface area contributed by atoms with E-state index in [0.29, 0.717) is 10.8 Å². The lowest BCUT2D eigenvalue weighted by Gasteiger charge is -2.09. The van der Waals surface area contributed by atoms with Gasteiger partial charge in [0.25, 0.3) is 0 Å². The summed E-state index contributed by atoms with van der Waals surface area (Å²) in [6.07, 6.45) is 0. The molecule has 0 fully saturated rings. The van der Waals surface area contributed by atoms with E-state index >= 15 is 0 Å². The maximum atomic E-state index is 11.1. The van der Waals surface area contributed by atoms with Crippen molar-refractivity contribution in [3.05, 3.63) is 57.5 Å². The molecule has 18 heavy (non-hydrogen) atoms. The van der Waals surface area contributed by atoms with Crippen molar-refractivity contribution in [2.24, 2.45) is 0 Å². The van der Waals surface area contributed by atoms with Gasteiger partial charge in [-0.05, 0) is 42.5 Å². The SMILES string of the molecule is O=C(O)c1cc(Cl)ccc1Oc1ccc(Br)cc1. The standard InChI is InChI=1S/C13H8BrClO3/c14-8-1-4-10(5-2-8)18-12-6-3-9(15)7-11(12)13(16)17/h1-7H,(H,16,17). The van der Waals surface area contributed by atoms with Crippen LogP contribution in [0.4, 0.5) is 0 Å². The minimum atomic E-state index is -1.08. The summed E-state index contributed by atoms with van der Waals surface area (Å²) in [6, 6.07) is 11.6. The van der Waals surface area contributed by atoms with Crippen LogP contribution in [0.25, 0.3) is 0 Å². The number of hydrogen-bond donors (Lipinski definition) is 1. The number of carboxylic acid groups (broad SMARTS) is 1. The Bertz CT molecular complexity index is 581. The van der Waals surface area contributed by atoms with Gasteiger partial charge in [-0.3, -0.25) is 0 Å². The van der Waals surface area contributed by atoms with Crippen LogP contribution in [0.5, 0.6) is 11.5 Å². The van der Waals surface area contributed by atoms with E-state index in [-0.39, 0.29) is 11.3 Å². The largest absolute Gasteiger partial charge is 0.478 e. The van der Waals surface area contributed by atoms with E-state index in [4.69, 9.17) is 21.4 Å². The smallest absolute Gasteiger partial charge is 0.339 e. The van der Waals surface area contributed by atoms with Gasteiger partial charge >= 0.3 is 5.97 Å². The average Bonchev–Trinajstić information content (AvgIpc) is 2.34. The van der Waals surface area contributed by atoms with Gasteiger partial charge in [0.1, 0.15) is 17.1 Å². The van der Waals surface area contributed by atoms with Crippen molar-refractivity contribution < 1.29 is 14.6 Å². The van der Waals surface area contributed by atoms with E-state index in [9.17, 15) is 4.79 Å². The molecule has 5 heteroatoms. The van der Waals surface area contributed by atoms with Gasteiger partial charge in [0.05, 0.1) is 0 Å². The highest BCUT2D eigenvalue weighted by atomic mass is 79.9. The molecule has 0 unspecified atom stereocenters. The Hall–Kier alpha value is -1.52. The number of carboxylic acids is 1. The summed E-state index contributed by atoms with van der Waals surface area (Å²) in [6.45, 7) is 0. The average molecular weight is 328 g/mol. The summed E-state index contributed by atoms with van der Waals surface area (Å²) in [5.74, 6) is -0.262. The van der Waals surface area contributed by atoms with Crippen molar-refractivity contribution in [1.29, 1.82) is 0 Å². The molecule has 0 spiro atoms. The highest BCUT2D eigenvalue weighted by Gasteiger charge is 2.12. The predicted octanol–water partition coefficient (Wildman–Crippen LogP) is 4.59. The normalized spacial score (nSPS) is 10.1. The number of aromatic carboxylic acids is 1. The maximum absolute atomic E-state index is 11.1. The topological polar surface area (TPSA) is 46.5 Å². The molecule has 0 aliphatic carbocycles. The first-order valence-corrected chi connectivity index (χ1v) is 6.19. The van der Waals surface area contributed by atoms with Crippen LogP contribution < -0.4 is 4.74 Å². The molecule has 0 amide bonds. The van der Waals surface area contributed by atoms with Crippen molar-refractivity contribution in [2.75, 3.05) is 0 Å². The molecule has 2 aromatic carbocycles. The van der Waals surface area contributed by atoms with Gasteiger partial charge in [-0.15, -0.1) is 0 Å². The van der Waals surface area contributed by atoms with Gasteiger partial charge in [-0.25, -0.2) is 4.79 Å². The molecule has 0 atom stereocenters. The third-order valence-electron chi connectivity index (χ3n) is 2.21. The number of ether oxygens (including phenoxy) is 1. The second kappa shape index (κ2) is 5.42. The molecular formula is C13H8BrClO3. The molecule has 0 saturated heterocycles. The van der Waals surface area contributed by atoms with E-state index in [1.165, 1.54) is 12.1 Å². The number of rotatable bonds is 3. The predicted molar refractivity (Wildman–Crippen MR) is 72.6 cm³/mol. The third kappa shape index (κ3) is 3.03. The Balaban J connectivity index is 2.34. The van der Waals surface area contributed by atoms with Crippen LogP contribution in [0.3, 0.4) is 0 Å². The molecule has 2 aromatic rings. The quantitative estimate of drug-likeness (QED) is 0.896. The van der Waals surface area contributed by atoms with E-state index in [0.717, 1.165) is 4.47 Å². The summed E-state index contributed by atoms with van der Waals surface area (Å²) in [7, 11) is 0. The lowest BCUT2D eigenvalue weighted by atomic mass is 10.2. The number of hydrogen-bond acceptors (Lipinski definition) is 2. The van der Waals surface area contributed by atoms with Gasteiger partial charge in [0, 0.05) is 9.50 Å². The Kier molecular flexibility index (Phi) is 3.89. The Morgan fingerprint density at radius 1 is 1.17 bits per heavy atom. The lowest BCUT2D eigenvalue weighted by molar-refractivity contribution is 0.0694. The fourth-order valence-electron chi connectivity index (χ4n) is 1.39. The molecule has 0 heterocycles. The van der Waals surface area contributed by atoms with Crippen molar-refractivity contribution in [2.45, 2.75) is 0 Å². The maximum Gasteiger partial charge on any atom is 0.339 e. The van der Waals surface area contributed by atoms with Crippen LogP contribution >= 0.6 is 27.5 Å². The summed E-state index contributed by atoms with van der Waals surface area (Å²) >= 11 is 9.07. The van der Waals surface area contributed by atoms with Gasteiger partial charge in [0.2, 0.25) is 0 Å². The first-order valence-electron chi connectivity index (χ1n) is 5.02. The van der Waals surface area contributed by atoms with Crippen LogP contribution in [0.15, 0.2) is 46.9 Å². The molecule has 0 aliphatic heterocycles. The van der Waals surface area contributed by atoms with Crippen LogP contribution in [0.1, 0.15) is 10.4 Å². The molecule has 1 N–H and O–H groups in total. The number of benzene rings is 2. The van der Waals surface area contributed by atoms with Gasteiger partial charge < -0.3 is 9.84 Å². The summed E-state index contributed by atoms with van der Waals surface area (Å²) < 4.78 is 6.44. The van der Waals surface area contributed by atoms with E-state index in [2.05, 4.69) is 15.9 Å². The Morgan fingerprint density at radius 3 is 2.44 bits per heavy atom. The summed E-state index contributed by atoms with van der Waals surface area (Å²) in [5, 5.41) is 9.42. The van der Waals surface area contributed by atoms with Crippen LogP contribution in [-0.4, -0.2) is 11.1 Å². The van der Waals surface area contributed by atoms with Crippen molar-refractivity contribution >= 4 is 33.5 Å². The first kappa shape index (κ1) is 12.9. The van der Waals surface area contributed by atoms with E-state index < -0.39 is 5.97 Å². The molecule has 92 valence electrons. The van der Waals surface area contributed by atoms with Gasteiger partial charge in [-0.1, -0.05) is 27.5 Å². The van der Waals surface area contributed by atoms with Gasteiger partial charge in [0.15, 0.2) is 0 Å². The van der Waals surface area contributed by atoms with E-state index in [1.54, 1.807) is 18.2 Å². The van der Waals surface area contributed by atoms with Gasteiger partial charge in [-0.2, -0.15) is 0 Å². The molecule has 0 bridgehead atoms. The molecule has 0 radical (unpaired) electrons. The second-order valence-corrected chi connectivity index (χ2v) is 4.85. The monoisotopic (exact) mass is 326 g/mol. The highest BCUT2D eigenvalue weighted by molar-refractivity contribution is 9.10. The van der Waals surface area contributed by atoms with Crippen molar-refractivity contribution in [3.8, 4) is 11.5 Å². The summed E-state index contributed by atoms with van der Waals surface area (Å²) in [5.41, 5.74) is 0.0328. The Morgan fingerprint density at radius 2 is 1.83 bits per heavy atom. The fraction of sp³-hybridized carbons (Fsp3) is 0. The number of carbonyl (C=O) groups is 1. The van der Waals surface area contributed by atoms with E-state index in [1.807, 2.05) is 12.1 Å². The number of halogens is 2. The van der Waals surface area contributed by atoms with Crippen molar-refractivity contribution in [3.63, 3.8) is 0 Å². The zero-order valence-electron chi connectivity index (χ0n) is 9.06. The molecule has 0 saturated carbocycles. The molecule has 3 nitrogen and oxygen atoms in total. The zero-order chi connectivity index (χ0) is 13.1. The Labute approximate surface area is 117 Å². The highest BCUT2D eigenvalue weighted by Crippen LogP contribution is 2.28. The molecule has 0 aliphatic rings. The van der Waals surface area contributed by atoms with Crippen LogP contribution in [0, 0.1) is 0 Å². The second-order valence-electron chi connectivity index (χ2n) is 3.50. The lowest BCUT2D eigenvalue weighted by Crippen LogP contribution is -1.99. The molecule has 2 rings (SSSR count). The summed E-state index contributed by atoms with van der Waals surface area (Å²) in [4.78, 5) is 11.1.